The Morgan fingerprint density at radius 2 is 1.51 bits per heavy atom. The van der Waals surface area contributed by atoms with E-state index in [1.807, 2.05) is 20.8 Å². The maximum atomic E-state index is 14.1. The summed E-state index contributed by atoms with van der Waals surface area (Å²) in [6, 6.07) is 6.43. The molecule has 6 aliphatic rings. The van der Waals surface area contributed by atoms with Crippen LogP contribution in [0, 0.1) is 68.0 Å². The van der Waals surface area contributed by atoms with E-state index < -0.39 is 28.6 Å². The Kier molecular flexibility index (Phi) is 11.2. The molecule has 0 spiro atoms. The van der Waals surface area contributed by atoms with Crippen molar-refractivity contribution in [3.63, 3.8) is 0 Å². The summed E-state index contributed by atoms with van der Waals surface area (Å²) >= 11 is 6.00. The van der Waals surface area contributed by atoms with Gasteiger partial charge in [-0.1, -0.05) is 79.5 Å². The quantitative estimate of drug-likeness (QED) is 0.200. The van der Waals surface area contributed by atoms with Crippen molar-refractivity contribution in [1.82, 2.24) is 10.6 Å². The van der Waals surface area contributed by atoms with Crippen LogP contribution in [0.1, 0.15) is 150 Å². The molecule has 9 nitrogen and oxygen atoms in total. The molecule has 5 saturated carbocycles. The van der Waals surface area contributed by atoms with Crippen molar-refractivity contribution in [2.45, 2.75) is 152 Å². The first-order chi connectivity index (χ1) is 27.4. The highest BCUT2D eigenvalue weighted by molar-refractivity contribution is 6.30. The molecule has 0 heterocycles. The lowest BCUT2D eigenvalue weighted by Gasteiger charge is -2.72. The van der Waals surface area contributed by atoms with Gasteiger partial charge in [0.15, 0.2) is 5.78 Å². The first-order valence-corrected chi connectivity index (χ1v) is 22.8. The third-order valence-electron chi connectivity index (χ3n) is 18.2. The van der Waals surface area contributed by atoms with E-state index in [9.17, 15) is 29.1 Å². The topological polar surface area (TPSA) is 139 Å². The SMILES string of the molecule is CC(C)C1=C2[C@H]3CC[C@@H]4[C@@]5(C)CC[C@H](OC(=O)[C@H]6C[C@@H](C(=O)O)C6(C)C)C(C)(C)[C@@H]5CC[C@@]4(C)[C@]3(C)CC[C@@]2(CC(=O)NC[C@@H](C)NC(=O)c2ccc(Cl)cc2)CC1=O. The molecule has 1 aromatic carbocycles. The van der Waals surface area contributed by atoms with Crippen LogP contribution in [0.4, 0.5) is 0 Å². The van der Waals surface area contributed by atoms with Crippen LogP contribution in [-0.2, 0) is 23.9 Å². The molecule has 0 aromatic heterocycles. The first kappa shape index (κ1) is 43.9. The van der Waals surface area contributed by atoms with Gasteiger partial charge in [-0.15, -0.1) is 0 Å². The van der Waals surface area contributed by atoms with Gasteiger partial charge in [-0.25, -0.2) is 0 Å². The molecule has 0 saturated heterocycles. The number of carbonyl (C=O) groups excluding carboxylic acids is 4. The van der Waals surface area contributed by atoms with Crippen LogP contribution in [0.2, 0.25) is 5.02 Å². The monoisotopic (exact) mass is 832 g/mol. The van der Waals surface area contributed by atoms with Crippen molar-refractivity contribution in [3.05, 3.63) is 46.0 Å². The first-order valence-electron chi connectivity index (χ1n) is 22.5. The summed E-state index contributed by atoms with van der Waals surface area (Å²) in [6.07, 6.45) is 8.51. The number of benzene rings is 1. The summed E-state index contributed by atoms with van der Waals surface area (Å²) in [5, 5.41) is 16.3. The second-order valence-corrected chi connectivity index (χ2v) is 22.6. The van der Waals surface area contributed by atoms with Crippen molar-refractivity contribution >= 4 is 41.1 Å². The lowest BCUT2D eigenvalue weighted by atomic mass is 9.33. The number of aliphatic carboxylic acids is 1. The van der Waals surface area contributed by atoms with E-state index in [1.54, 1.807) is 24.3 Å². The summed E-state index contributed by atoms with van der Waals surface area (Å²) < 4.78 is 6.41. The van der Waals surface area contributed by atoms with Crippen molar-refractivity contribution < 1.29 is 33.8 Å². The summed E-state index contributed by atoms with van der Waals surface area (Å²) in [7, 11) is 0. The van der Waals surface area contributed by atoms with Gasteiger partial charge in [0.05, 0.1) is 11.8 Å². The van der Waals surface area contributed by atoms with E-state index in [2.05, 4.69) is 59.1 Å². The fraction of sp³-hybridized carbons (Fsp3) is 0.735. The van der Waals surface area contributed by atoms with Gasteiger partial charge in [0.1, 0.15) is 6.10 Å². The number of amides is 2. The Morgan fingerprint density at radius 3 is 2.14 bits per heavy atom. The number of ketones is 1. The average Bonchev–Trinajstić information content (AvgIpc) is 3.43. The predicted octanol–water partition coefficient (Wildman–Crippen LogP) is 9.60. The molecule has 2 amide bonds. The van der Waals surface area contributed by atoms with Crippen LogP contribution in [0.5, 0.6) is 0 Å². The average molecular weight is 834 g/mol. The molecule has 0 unspecified atom stereocenters. The van der Waals surface area contributed by atoms with E-state index in [0.717, 1.165) is 56.9 Å². The molecule has 3 N–H and O–H groups in total. The molecule has 0 radical (unpaired) electrons. The molecular formula is C49H69ClN2O7. The number of fused-ring (bicyclic) bond motifs is 7. The van der Waals surface area contributed by atoms with Crippen LogP contribution >= 0.6 is 11.6 Å². The number of rotatable bonds is 10. The zero-order valence-corrected chi connectivity index (χ0v) is 37.9. The third-order valence-corrected chi connectivity index (χ3v) is 18.5. The fourth-order valence-electron chi connectivity index (χ4n) is 14.7. The molecule has 0 aliphatic heterocycles. The number of ether oxygens (including phenoxy) is 1. The third kappa shape index (κ3) is 6.90. The number of carbonyl (C=O) groups is 5. The highest BCUT2D eigenvalue weighted by atomic mass is 35.5. The number of carboxylic acid groups (broad SMARTS) is 1. The molecule has 10 heteroatoms. The number of allylic oxidation sites excluding steroid dienone is 2. The van der Waals surface area contributed by atoms with Crippen molar-refractivity contribution in [2.24, 2.45) is 68.0 Å². The van der Waals surface area contributed by atoms with Crippen LogP contribution in [0.25, 0.3) is 0 Å². The Bertz CT molecular complexity index is 1940. The largest absolute Gasteiger partial charge is 0.481 e. The van der Waals surface area contributed by atoms with Gasteiger partial charge < -0.3 is 20.5 Å². The minimum atomic E-state index is -0.841. The summed E-state index contributed by atoms with van der Waals surface area (Å²) in [5.74, 6) is -0.969. The maximum absolute atomic E-state index is 14.1. The maximum Gasteiger partial charge on any atom is 0.309 e. The molecular weight excluding hydrogens is 764 g/mol. The van der Waals surface area contributed by atoms with E-state index >= 15 is 0 Å². The lowest BCUT2D eigenvalue weighted by Crippen LogP contribution is -2.66. The molecule has 1 aromatic rings. The van der Waals surface area contributed by atoms with Crippen LogP contribution in [0.15, 0.2) is 35.4 Å². The Morgan fingerprint density at radius 1 is 0.831 bits per heavy atom. The summed E-state index contributed by atoms with van der Waals surface area (Å²) in [5.41, 5.74) is 1.42. The predicted molar refractivity (Wildman–Crippen MR) is 228 cm³/mol. The number of nitrogens with one attached hydrogen (secondary N) is 2. The van der Waals surface area contributed by atoms with Gasteiger partial charge in [-0.2, -0.15) is 0 Å². The summed E-state index contributed by atoms with van der Waals surface area (Å²) in [4.78, 5) is 66.3. The molecule has 7 rings (SSSR count). The highest BCUT2D eigenvalue weighted by Crippen LogP contribution is 2.77. The molecule has 59 heavy (non-hydrogen) atoms. The smallest absolute Gasteiger partial charge is 0.309 e. The van der Waals surface area contributed by atoms with E-state index in [1.165, 1.54) is 5.57 Å². The molecule has 5 fully saturated rings. The number of hydrogen-bond acceptors (Lipinski definition) is 6. The Balaban J connectivity index is 1.07. The second kappa shape index (κ2) is 15.0. The normalized spacial score (nSPS) is 38.5. The zero-order valence-electron chi connectivity index (χ0n) is 37.2. The van der Waals surface area contributed by atoms with E-state index in [-0.39, 0.29) is 75.6 Å². The second-order valence-electron chi connectivity index (χ2n) is 22.1. The van der Waals surface area contributed by atoms with Gasteiger partial charge >= 0.3 is 11.9 Å². The standard InChI is InChI=1S/C49H69ClN2O7/c1-27(2)39-34(53)24-49(25-38(54)51-26-28(3)52-41(55)29-11-13-30(50)14-12-29)22-21-47(9)31(40(39)49)15-16-36-46(8)19-18-37(45(6,7)35(46)17-20-48(36,47)10)59-43(58)33-23-32(42(56)57)44(33,4)5/h11-14,27-28,31-33,35-37H,15-26H2,1-10H3,(H,51,54)(H,52,55)(H,56,57)/t28-,31-,32+,33-,35+,36-,37+,46+,47-,48-,49+/m1/s1. The molecule has 0 bridgehead atoms. The Hall–Kier alpha value is -3.20. The fourth-order valence-corrected chi connectivity index (χ4v) is 14.8. The van der Waals surface area contributed by atoms with Crippen molar-refractivity contribution in [1.29, 1.82) is 0 Å². The lowest BCUT2D eigenvalue weighted by molar-refractivity contribution is -0.236. The van der Waals surface area contributed by atoms with E-state index in [0.29, 0.717) is 41.8 Å². The Labute approximate surface area is 357 Å². The number of Topliss-reactive ketones (excluding diaryl/α,β-unsaturated/α-hetero) is 1. The van der Waals surface area contributed by atoms with Crippen LogP contribution in [-0.4, -0.2) is 53.3 Å². The highest BCUT2D eigenvalue weighted by Gasteiger charge is 2.70. The zero-order chi connectivity index (χ0) is 43.2. The molecule has 6 aliphatic carbocycles. The van der Waals surface area contributed by atoms with Gasteiger partial charge in [-0.3, -0.25) is 24.0 Å². The van der Waals surface area contributed by atoms with Crippen molar-refractivity contribution in [3.8, 4) is 0 Å². The van der Waals surface area contributed by atoms with E-state index in [4.69, 9.17) is 16.3 Å². The van der Waals surface area contributed by atoms with Crippen LogP contribution < -0.4 is 10.6 Å². The number of esters is 1. The summed E-state index contributed by atoms with van der Waals surface area (Å²) in [6.45, 7) is 22.4. The molecule has 11 atom stereocenters. The number of carboxylic acids is 1. The van der Waals surface area contributed by atoms with Gasteiger partial charge in [0.25, 0.3) is 5.91 Å². The van der Waals surface area contributed by atoms with Gasteiger partial charge in [-0.05, 0) is 140 Å². The number of halogens is 1. The van der Waals surface area contributed by atoms with Crippen LogP contribution in [0.3, 0.4) is 0 Å². The van der Waals surface area contributed by atoms with Gasteiger partial charge in [0, 0.05) is 46.8 Å². The minimum absolute atomic E-state index is 0.0232. The van der Waals surface area contributed by atoms with Crippen molar-refractivity contribution in [2.75, 3.05) is 6.54 Å². The number of hydrogen-bond donors (Lipinski definition) is 3. The molecule has 324 valence electrons. The van der Waals surface area contributed by atoms with Gasteiger partial charge in [0.2, 0.25) is 5.91 Å². The minimum Gasteiger partial charge on any atom is -0.481 e.